The quantitative estimate of drug-likeness (QED) is 0.334. The first-order chi connectivity index (χ1) is 15.4. The van der Waals surface area contributed by atoms with Gasteiger partial charge in [0.05, 0.1) is 6.20 Å². The Bertz CT molecular complexity index is 839. The van der Waals surface area contributed by atoms with Crippen molar-refractivity contribution in [3.05, 3.63) is 61.1 Å². The Morgan fingerprint density at radius 1 is 1.22 bits per heavy atom. The number of nitrogens with one attached hydrogen (secondary N) is 2. The van der Waals surface area contributed by atoms with Gasteiger partial charge >= 0.3 is 0 Å². The maximum atomic E-state index is 4.09. The fraction of sp³-hybridized carbons (Fsp3) is 0.536. The number of aromatic nitrogens is 2. The molecule has 1 aliphatic carbocycles. The summed E-state index contributed by atoms with van der Waals surface area (Å²) in [4.78, 5) is 2.77. The van der Waals surface area contributed by atoms with Gasteiger partial charge in [-0.15, -0.1) is 0 Å². The Hall–Kier alpha value is -2.49. The molecular formula is C28H42N4. The van der Waals surface area contributed by atoms with Crippen molar-refractivity contribution >= 4 is 5.70 Å². The van der Waals surface area contributed by atoms with E-state index in [1.165, 1.54) is 48.9 Å². The summed E-state index contributed by atoms with van der Waals surface area (Å²) >= 11 is 0. The molecular weight excluding hydrogens is 392 g/mol. The van der Waals surface area contributed by atoms with Gasteiger partial charge in [-0.3, -0.25) is 5.10 Å². The van der Waals surface area contributed by atoms with Crippen molar-refractivity contribution in [2.75, 3.05) is 6.54 Å². The van der Waals surface area contributed by atoms with E-state index in [0.29, 0.717) is 17.5 Å². The predicted molar refractivity (Wildman–Crippen MR) is 137 cm³/mol. The molecule has 1 aromatic heterocycles. The van der Waals surface area contributed by atoms with E-state index in [9.17, 15) is 0 Å². The molecule has 1 heterocycles. The highest BCUT2D eigenvalue weighted by Crippen LogP contribution is 2.39. The van der Waals surface area contributed by atoms with E-state index in [0.717, 1.165) is 24.9 Å². The van der Waals surface area contributed by atoms with Gasteiger partial charge < -0.3 is 10.2 Å². The molecule has 0 saturated heterocycles. The lowest BCUT2D eigenvalue weighted by molar-refractivity contribution is 0.238. The van der Waals surface area contributed by atoms with Gasteiger partial charge in [0.15, 0.2) is 0 Å². The van der Waals surface area contributed by atoms with Gasteiger partial charge in [0.2, 0.25) is 0 Å². The molecule has 0 bridgehead atoms. The first-order valence-electron chi connectivity index (χ1n) is 12.4. The van der Waals surface area contributed by atoms with Crippen LogP contribution in [0.1, 0.15) is 78.2 Å². The second-order valence-corrected chi connectivity index (χ2v) is 10.3. The third-order valence-corrected chi connectivity index (χ3v) is 6.25. The van der Waals surface area contributed by atoms with Crippen LogP contribution in [0.2, 0.25) is 0 Å². The van der Waals surface area contributed by atoms with E-state index in [-0.39, 0.29) is 0 Å². The van der Waals surface area contributed by atoms with Gasteiger partial charge in [-0.1, -0.05) is 71.0 Å². The Morgan fingerprint density at radius 2 is 1.97 bits per heavy atom. The van der Waals surface area contributed by atoms with Crippen LogP contribution in [0.4, 0.5) is 0 Å². The maximum absolute atomic E-state index is 4.09. The van der Waals surface area contributed by atoms with Crippen molar-refractivity contribution in [2.24, 2.45) is 5.41 Å². The molecule has 32 heavy (non-hydrogen) atoms. The minimum Gasteiger partial charge on any atom is -0.391 e. The number of benzene rings is 1. The fourth-order valence-corrected chi connectivity index (χ4v) is 4.49. The molecule has 174 valence electrons. The molecule has 0 radical (unpaired) electrons. The summed E-state index contributed by atoms with van der Waals surface area (Å²) < 4.78 is 0. The fourth-order valence-electron chi connectivity index (χ4n) is 4.49. The molecule has 1 fully saturated rings. The summed E-state index contributed by atoms with van der Waals surface area (Å²) in [7, 11) is 0. The molecule has 2 aromatic rings. The standard InChI is InChI=1S/C28H42N4/c1-6-9-27(23-13-11-22(12-14-23)24-20-30-31-21-24)32(26-15-16-26)25(17-19-29-7-2)10-8-18-28(3,4)5/h7,9,11-14,20-21,25-26,29H,2,6,8,10,15-19H2,1,3-5H3,(H,30,31)/b27-9-. The summed E-state index contributed by atoms with van der Waals surface area (Å²) in [5, 5.41) is 10.3. The average Bonchev–Trinajstić information content (AvgIpc) is 3.44. The maximum Gasteiger partial charge on any atom is 0.0565 e. The van der Waals surface area contributed by atoms with Gasteiger partial charge in [-0.2, -0.15) is 5.10 Å². The summed E-state index contributed by atoms with van der Waals surface area (Å²) in [6.07, 6.45) is 16.7. The predicted octanol–water partition coefficient (Wildman–Crippen LogP) is 7.00. The zero-order chi connectivity index (χ0) is 23.0. The van der Waals surface area contributed by atoms with E-state index in [1.807, 2.05) is 18.6 Å². The number of rotatable bonds is 13. The van der Waals surface area contributed by atoms with Crippen molar-refractivity contribution < 1.29 is 0 Å². The van der Waals surface area contributed by atoms with Gasteiger partial charge in [0, 0.05) is 36.1 Å². The van der Waals surface area contributed by atoms with Crippen LogP contribution in [0.25, 0.3) is 16.8 Å². The minimum absolute atomic E-state index is 0.388. The highest BCUT2D eigenvalue weighted by atomic mass is 15.2. The van der Waals surface area contributed by atoms with Crippen LogP contribution < -0.4 is 5.32 Å². The Morgan fingerprint density at radius 3 is 2.53 bits per heavy atom. The van der Waals surface area contributed by atoms with Crippen LogP contribution in [-0.2, 0) is 0 Å². The number of aromatic amines is 1. The Kier molecular flexibility index (Phi) is 8.60. The molecule has 1 saturated carbocycles. The van der Waals surface area contributed by atoms with E-state index < -0.39 is 0 Å². The van der Waals surface area contributed by atoms with Gasteiger partial charge in [-0.05, 0) is 61.3 Å². The van der Waals surface area contributed by atoms with Crippen molar-refractivity contribution in [2.45, 2.75) is 84.7 Å². The van der Waals surface area contributed by atoms with E-state index >= 15 is 0 Å². The van der Waals surface area contributed by atoms with Gasteiger partial charge in [0.25, 0.3) is 0 Å². The Labute approximate surface area is 195 Å². The number of H-pyrrole nitrogens is 1. The molecule has 0 amide bonds. The SMILES string of the molecule is C=CNCCC(CCCC(C)(C)C)N(/C(=C\CC)c1ccc(-c2cn[nH]c2)cc1)C1CC1. The first kappa shape index (κ1) is 24.2. The third kappa shape index (κ3) is 7.01. The lowest BCUT2D eigenvalue weighted by atomic mass is 9.88. The number of hydrogen-bond acceptors (Lipinski definition) is 3. The summed E-state index contributed by atoms with van der Waals surface area (Å²) in [6, 6.07) is 10.2. The molecule has 2 N–H and O–H groups in total. The second-order valence-electron chi connectivity index (χ2n) is 10.3. The van der Waals surface area contributed by atoms with Crippen molar-refractivity contribution in [3.63, 3.8) is 0 Å². The minimum atomic E-state index is 0.388. The smallest absolute Gasteiger partial charge is 0.0565 e. The summed E-state index contributed by atoms with van der Waals surface area (Å²) in [5.74, 6) is 0. The lowest BCUT2D eigenvalue weighted by Gasteiger charge is -2.37. The summed E-state index contributed by atoms with van der Waals surface area (Å²) in [6.45, 7) is 14.1. The highest BCUT2D eigenvalue weighted by molar-refractivity contribution is 5.69. The molecule has 1 atom stereocenters. The van der Waals surface area contributed by atoms with Gasteiger partial charge in [0.1, 0.15) is 0 Å². The number of nitrogens with zero attached hydrogens (tertiary/aromatic N) is 2. The molecule has 4 heteroatoms. The topological polar surface area (TPSA) is 44.0 Å². The van der Waals surface area contributed by atoms with Crippen LogP contribution in [0.3, 0.4) is 0 Å². The summed E-state index contributed by atoms with van der Waals surface area (Å²) in [5.41, 5.74) is 5.45. The molecule has 4 nitrogen and oxygen atoms in total. The number of hydrogen-bond donors (Lipinski definition) is 2. The van der Waals surface area contributed by atoms with Crippen LogP contribution in [0.15, 0.2) is 55.5 Å². The van der Waals surface area contributed by atoms with Crippen LogP contribution >= 0.6 is 0 Å². The first-order valence-corrected chi connectivity index (χ1v) is 12.4. The van der Waals surface area contributed by atoms with Crippen molar-refractivity contribution in [1.29, 1.82) is 0 Å². The largest absolute Gasteiger partial charge is 0.391 e. The normalized spacial score (nSPS) is 15.4. The van der Waals surface area contributed by atoms with Crippen molar-refractivity contribution in [3.8, 4) is 11.1 Å². The molecule has 3 rings (SSSR count). The third-order valence-electron chi connectivity index (χ3n) is 6.25. The highest BCUT2D eigenvalue weighted by Gasteiger charge is 2.35. The van der Waals surface area contributed by atoms with Crippen LogP contribution in [-0.4, -0.2) is 33.7 Å². The molecule has 1 aromatic carbocycles. The van der Waals surface area contributed by atoms with Gasteiger partial charge in [-0.25, -0.2) is 0 Å². The Balaban J connectivity index is 1.84. The zero-order valence-electron chi connectivity index (χ0n) is 20.5. The second kappa shape index (κ2) is 11.4. The zero-order valence-corrected chi connectivity index (χ0v) is 20.5. The molecule has 1 aliphatic rings. The average molecular weight is 435 g/mol. The lowest BCUT2D eigenvalue weighted by Crippen LogP contribution is -2.37. The van der Waals surface area contributed by atoms with Crippen molar-refractivity contribution in [1.82, 2.24) is 20.4 Å². The monoisotopic (exact) mass is 434 g/mol. The molecule has 0 spiro atoms. The molecule has 0 aliphatic heterocycles. The van der Waals surface area contributed by atoms with Crippen LogP contribution in [0, 0.1) is 5.41 Å². The van der Waals surface area contributed by atoms with E-state index in [4.69, 9.17) is 0 Å². The molecule has 1 unspecified atom stereocenters. The number of allylic oxidation sites excluding steroid dienone is 1. The van der Waals surface area contributed by atoms with Crippen LogP contribution in [0.5, 0.6) is 0 Å². The van der Waals surface area contributed by atoms with E-state index in [1.54, 1.807) is 0 Å². The van der Waals surface area contributed by atoms with E-state index in [2.05, 4.69) is 85.0 Å².